The zero-order chi connectivity index (χ0) is 18.1. The molecule has 140 valence electrons. The first-order chi connectivity index (χ1) is 12.5. The van der Waals surface area contributed by atoms with Crippen LogP contribution in [-0.4, -0.2) is 54.0 Å². The molecule has 4 rings (SSSR count). The maximum atomic E-state index is 12.5. The number of likely N-dealkylation sites (tertiary alicyclic amines) is 2. The molecule has 3 aliphatic heterocycles. The quantitative estimate of drug-likeness (QED) is 0.815. The lowest BCUT2D eigenvalue weighted by molar-refractivity contribution is -0.143. The first-order valence-electron chi connectivity index (χ1n) is 9.47. The van der Waals surface area contributed by atoms with Crippen LogP contribution >= 0.6 is 11.6 Å². The van der Waals surface area contributed by atoms with E-state index in [9.17, 15) is 9.59 Å². The number of halogens is 1. The molecule has 5 nitrogen and oxygen atoms in total. The summed E-state index contributed by atoms with van der Waals surface area (Å²) in [7, 11) is 0. The van der Waals surface area contributed by atoms with Crippen LogP contribution in [0.15, 0.2) is 24.3 Å². The first kappa shape index (κ1) is 17.8. The topological polar surface area (TPSA) is 49.9 Å². The van der Waals surface area contributed by atoms with Gasteiger partial charge >= 0.3 is 0 Å². The van der Waals surface area contributed by atoms with Gasteiger partial charge in [-0.25, -0.2) is 0 Å². The van der Waals surface area contributed by atoms with Gasteiger partial charge in [-0.05, 0) is 43.4 Å². The predicted molar refractivity (Wildman–Crippen MR) is 98.7 cm³/mol. The maximum Gasteiger partial charge on any atom is 0.251 e. The van der Waals surface area contributed by atoms with E-state index in [1.54, 1.807) is 0 Å². The summed E-state index contributed by atoms with van der Waals surface area (Å²) >= 11 is 5.94. The Balaban J connectivity index is 1.34. The number of carbonyl (C=O) groups is 2. The van der Waals surface area contributed by atoms with Gasteiger partial charge in [0.1, 0.15) is 6.10 Å². The highest BCUT2D eigenvalue weighted by atomic mass is 35.5. The SMILES string of the molecule is O=C1CC2(CCN(C(=O)[C@@H]3CCCO3)CC2)CN1Cc1ccc(Cl)cc1. The highest BCUT2D eigenvalue weighted by Gasteiger charge is 2.46. The zero-order valence-electron chi connectivity index (χ0n) is 15.0. The van der Waals surface area contributed by atoms with Crippen LogP contribution in [0.3, 0.4) is 0 Å². The van der Waals surface area contributed by atoms with E-state index in [-0.39, 0.29) is 23.3 Å². The fourth-order valence-corrected chi connectivity index (χ4v) is 4.57. The first-order valence-corrected chi connectivity index (χ1v) is 9.85. The molecule has 26 heavy (non-hydrogen) atoms. The molecular formula is C20H25ClN2O3. The second-order valence-electron chi connectivity index (χ2n) is 7.88. The third kappa shape index (κ3) is 3.60. The van der Waals surface area contributed by atoms with Crippen LogP contribution in [0.1, 0.15) is 37.7 Å². The molecule has 0 radical (unpaired) electrons. The number of benzene rings is 1. The summed E-state index contributed by atoms with van der Waals surface area (Å²) in [5.74, 6) is 0.360. The van der Waals surface area contributed by atoms with E-state index in [1.807, 2.05) is 34.1 Å². The molecule has 0 bridgehead atoms. The van der Waals surface area contributed by atoms with Gasteiger partial charge in [0.05, 0.1) is 0 Å². The molecule has 3 heterocycles. The van der Waals surface area contributed by atoms with Crippen molar-refractivity contribution in [1.82, 2.24) is 9.80 Å². The Kier molecular flexibility index (Phi) is 4.93. The summed E-state index contributed by atoms with van der Waals surface area (Å²) in [6, 6.07) is 7.68. The van der Waals surface area contributed by atoms with Crippen LogP contribution in [0.5, 0.6) is 0 Å². The molecule has 0 unspecified atom stereocenters. The zero-order valence-corrected chi connectivity index (χ0v) is 15.7. The van der Waals surface area contributed by atoms with E-state index in [2.05, 4.69) is 0 Å². The van der Waals surface area contributed by atoms with Crippen molar-refractivity contribution in [2.45, 2.75) is 44.8 Å². The largest absolute Gasteiger partial charge is 0.368 e. The molecule has 3 fully saturated rings. The van der Waals surface area contributed by atoms with E-state index in [1.165, 1.54) is 0 Å². The molecule has 2 amide bonds. The van der Waals surface area contributed by atoms with Gasteiger partial charge in [-0.15, -0.1) is 0 Å². The predicted octanol–water partition coefficient (Wildman–Crippen LogP) is 2.86. The van der Waals surface area contributed by atoms with Gasteiger partial charge in [-0.2, -0.15) is 0 Å². The number of rotatable bonds is 3. The van der Waals surface area contributed by atoms with Crippen LogP contribution in [-0.2, 0) is 20.9 Å². The van der Waals surface area contributed by atoms with Gasteiger partial charge in [0, 0.05) is 49.6 Å². The van der Waals surface area contributed by atoms with Crippen molar-refractivity contribution >= 4 is 23.4 Å². The molecule has 1 spiro atoms. The van der Waals surface area contributed by atoms with Gasteiger partial charge in [0.25, 0.3) is 5.91 Å². The third-order valence-corrected chi connectivity index (χ3v) is 6.28. The van der Waals surface area contributed by atoms with Crippen LogP contribution in [0.2, 0.25) is 5.02 Å². The summed E-state index contributed by atoms with van der Waals surface area (Å²) in [6.07, 6.45) is 3.97. The fraction of sp³-hybridized carbons (Fsp3) is 0.600. The van der Waals surface area contributed by atoms with E-state index in [4.69, 9.17) is 16.3 Å². The van der Waals surface area contributed by atoms with Gasteiger partial charge in [-0.1, -0.05) is 23.7 Å². The molecule has 3 aliphatic rings. The minimum Gasteiger partial charge on any atom is -0.368 e. The van der Waals surface area contributed by atoms with Crippen LogP contribution in [0, 0.1) is 5.41 Å². The highest BCUT2D eigenvalue weighted by Crippen LogP contribution is 2.41. The number of nitrogens with zero attached hydrogens (tertiary/aromatic N) is 2. The molecule has 1 aromatic carbocycles. The molecule has 0 N–H and O–H groups in total. The molecule has 0 aromatic heterocycles. The van der Waals surface area contributed by atoms with Crippen molar-refractivity contribution in [3.63, 3.8) is 0 Å². The van der Waals surface area contributed by atoms with E-state index < -0.39 is 0 Å². The smallest absolute Gasteiger partial charge is 0.251 e. The van der Waals surface area contributed by atoms with Gasteiger partial charge in [-0.3, -0.25) is 9.59 Å². The molecule has 0 saturated carbocycles. The Morgan fingerprint density at radius 3 is 2.62 bits per heavy atom. The van der Waals surface area contributed by atoms with E-state index in [0.29, 0.717) is 24.6 Å². The number of carbonyl (C=O) groups excluding carboxylic acids is 2. The third-order valence-electron chi connectivity index (χ3n) is 6.03. The monoisotopic (exact) mass is 376 g/mol. The second-order valence-corrected chi connectivity index (χ2v) is 8.32. The number of ether oxygens (including phenoxy) is 1. The number of hydrogen-bond acceptors (Lipinski definition) is 3. The van der Waals surface area contributed by atoms with Gasteiger partial charge in [0.15, 0.2) is 0 Å². The Morgan fingerprint density at radius 2 is 1.96 bits per heavy atom. The molecular weight excluding hydrogens is 352 g/mol. The van der Waals surface area contributed by atoms with Crippen molar-refractivity contribution in [1.29, 1.82) is 0 Å². The average molecular weight is 377 g/mol. The number of hydrogen-bond donors (Lipinski definition) is 0. The lowest BCUT2D eigenvalue weighted by Gasteiger charge is -2.39. The lowest BCUT2D eigenvalue weighted by atomic mass is 9.77. The van der Waals surface area contributed by atoms with Gasteiger partial charge < -0.3 is 14.5 Å². The Hall–Kier alpha value is -1.59. The van der Waals surface area contributed by atoms with Gasteiger partial charge in [0.2, 0.25) is 5.91 Å². The van der Waals surface area contributed by atoms with Crippen LogP contribution in [0.4, 0.5) is 0 Å². The highest BCUT2D eigenvalue weighted by molar-refractivity contribution is 6.30. The molecule has 6 heteroatoms. The maximum absolute atomic E-state index is 12.5. The van der Waals surface area contributed by atoms with E-state index in [0.717, 1.165) is 50.9 Å². The standard InChI is InChI=1S/C20H25ClN2O3/c21-16-5-3-15(4-6-16)13-23-14-20(12-18(23)24)7-9-22(10-8-20)19(25)17-2-1-11-26-17/h3-6,17H,1-2,7-14H2/t17-/m0/s1. The molecule has 3 saturated heterocycles. The average Bonchev–Trinajstić information content (AvgIpc) is 3.26. The van der Waals surface area contributed by atoms with E-state index >= 15 is 0 Å². The van der Waals surface area contributed by atoms with Crippen molar-refractivity contribution < 1.29 is 14.3 Å². The normalized spacial score (nSPS) is 25.3. The van der Waals surface area contributed by atoms with Crippen LogP contribution in [0.25, 0.3) is 0 Å². The summed E-state index contributed by atoms with van der Waals surface area (Å²) in [5, 5.41) is 0.709. The second kappa shape index (κ2) is 7.20. The van der Waals surface area contributed by atoms with Crippen LogP contribution < -0.4 is 0 Å². The molecule has 1 atom stereocenters. The number of piperidine rings is 1. The van der Waals surface area contributed by atoms with Crippen molar-refractivity contribution in [3.05, 3.63) is 34.9 Å². The summed E-state index contributed by atoms with van der Waals surface area (Å²) < 4.78 is 5.53. The molecule has 1 aromatic rings. The summed E-state index contributed by atoms with van der Waals surface area (Å²) in [5.41, 5.74) is 1.13. The summed E-state index contributed by atoms with van der Waals surface area (Å²) in [6.45, 7) is 3.59. The van der Waals surface area contributed by atoms with Crippen molar-refractivity contribution in [2.24, 2.45) is 5.41 Å². The minimum atomic E-state index is -0.240. The fourth-order valence-electron chi connectivity index (χ4n) is 4.45. The number of amides is 2. The Morgan fingerprint density at radius 1 is 1.23 bits per heavy atom. The Bertz CT molecular complexity index is 677. The summed E-state index contributed by atoms with van der Waals surface area (Å²) in [4.78, 5) is 29.0. The van der Waals surface area contributed by atoms with Crippen molar-refractivity contribution in [3.8, 4) is 0 Å². The lowest BCUT2D eigenvalue weighted by Crippen LogP contribution is -2.47. The molecule has 0 aliphatic carbocycles. The Labute approximate surface area is 159 Å². The van der Waals surface area contributed by atoms with Crippen molar-refractivity contribution in [2.75, 3.05) is 26.2 Å². The minimum absolute atomic E-state index is 0.0246.